The van der Waals surface area contributed by atoms with Crippen molar-refractivity contribution in [3.8, 4) is 5.75 Å². The van der Waals surface area contributed by atoms with Crippen molar-refractivity contribution in [3.05, 3.63) is 29.8 Å². The Labute approximate surface area is 86.2 Å². The molecule has 0 saturated heterocycles. The highest BCUT2D eigenvalue weighted by atomic mass is 16.7. The van der Waals surface area contributed by atoms with Gasteiger partial charge in [0.1, 0.15) is 11.3 Å². The number of ether oxygens (including phenoxy) is 2. The van der Waals surface area contributed by atoms with Crippen LogP contribution in [-0.4, -0.2) is 23.8 Å². The Morgan fingerprint density at radius 2 is 2.00 bits per heavy atom. The maximum atomic E-state index is 11.3. The summed E-state index contributed by atoms with van der Waals surface area (Å²) < 4.78 is 9.17. The van der Waals surface area contributed by atoms with Crippen molar-refractivity contribution in [2.45, 2.75) is 6.92 Å². The van der Waals surface area contributed by atoms with Gasteiger partial charge in [-0.25, -0.2) is 9.59 Å². The van der Waals surface area contributed by atoms with Gasteiger partial charge in [-0.3, -0.25) is 0 Å². The molecule has 80 valence electrons. The third kappa shape index (κ3) is 2.98. The second kappa shape index (κ2) is 4.99. The van der Waals surface area contributed by atoms with Crippen LogP contribution in [0, 0.1) is 0 Å². The predicted octanol–water partition coefficient (Wildman–Crippen LogP) is 1.92. The molecule has 0 aliphatic rings. The van der Waals surface area contributed by atoms with Gasteiger partial charge in [0.2, 0.25) is 0 Å². The molecule has 0 atom stereocenters. The van der Waals surface area contributed by atoms with Gasteiger partial charge in [-0.1, -0.05) is 12.1 Å². The van der Waals surface area contributed by atoms with Gasteiger partial charge >= 0.3 is 12.1 Å². The predicted molar refractivity (Wildman–Crippen MR) is 51.1 cm³/mol. The standard InChI is InChI=1S/C10H10O5/c1-2-14-8-6-4-3-5-7(8)9(11)15-10(12)13/h3-6H,2H2,1H3,(H,12,13). The maximum Gasteiger partial charge on any atom is 0.513 e. The molecule has 0 unspecified atom stereocenters. The summed E-state index contributed by atoms with van der Waals surface area (Å²) in [6.07, 6.45) is -1.63. The molecule has 0 fully saturated rings. The average Bonchev–Trinajstić information content (AvgIpc) is 2.18. The maximum absolute atomic E-state index is 11.3. The molecule has 15 heavy (non-hydrogen) atoms. The molecule has 0 amide bonds. The Kier molecular flexibility index (Phi) is 3.68. The van der Waals surface area contributed by atoms with E-state index in [1.54, 1.807) is 25.1 Å². The third-order valence-electron chi connectivity index (χ3n) is 1.59. The summed E-state index contributed by atoms with van der Waals surface area (Å²) in [5, 5.41) is 8.28. The van der Waals surface area contributed by atoms with Crippen LogP contribution < -0.4 is 4.74 Å². The minimum Gasteiger partial charge on any atom is -0.493 e. The molecule has 1 rings (SSSR count). The van der Waals surface area contributed by atoms with Crippen molar-refractivity contribution < 1.29 is 24.2 Å². The van der Waals surface area contributed by atoms with E-state index in [2.05, 4.69) is 4.74 Å². The summed E-state index contributed by atoms with van der Waals surface area (Å²) in [6.45, 7) is 2.15. The van der Waals surface area contributed by atoms with E-state index >= 15 is 0 Å². The number of rotatable bonds is 3. The largest absolute Gasteiger partial charge is 0.513 e. The summed E-state index contributed by atoms with van der Waals surface area (Å²) in [5.74, 6) is -0.627. The van der Waals surface area contributed by atoms with Gasteiger partial charge in [-0.05, 0) is 19.1 Å². The second-order valence-corrected chi connectivity index (χ2v) is 2.58. The SMILES string of the molecule is CCOc1ccccc1C(=O)OC(=O)O. The summed E-state index contributed by atoms with van der Waals surface area (Å²) in [5.41, 5.74) is 0.0988. The number of carboxylic acid groups (broad SMARTS) is 1. The zero-order valence-corrected chi connectivity index (χ0v) is 8.10. The van der Waals surface area contributed by atoms with Gasteiger partial charge in [0.15, 0.2) is 0 Å². The van der Waals surface area contributed by atoms with E-state index in [9.17, 15) is 9.59 Å². The van der Waals surface area contributed by atoms with Crippen LogP contribution in [-0.2, 0) is 4.74 Å². The Balaban J connectivity index is 2.91. The summed E-state index contributed by atoms with van der Waals surface area (Å²) in [4.78, 5) is 21.4. The van der Waals surface area contributed by atoms with E-state index in [0.29, 0.717) is 12.4 Å². The highest BCUT2D eigenvalue weighted by molar-refractivity contribution is 5.97. The zero-order chi connectivity index (χ0) is 11.3. The molecule has 5 nitrogen and oxygen atoms in total. The molecule has 0 bridgehead atoms. The molecular formula is C10H10O5. The molecule has 0 aliphatic carbocycles. The van der Waals surface area contributed by atoms with Crippen LogP contribution >= 0.6 is 0 Å². The van der Waals surface area contributed by atoms with E-state index in [1.165, 1.54) is 6.07 Å². The first-order valence-corrected chi connectivity index (χ1v) is 4.32. The first-order valence-electron chi connectivity index (χ1n) is 4.32. The summed E-state index contributed by atoms with van der Waals surface area (Å²) >= 11 is 0. The lowest BCUT2D eigenvalue weighted by Crippen LogP contribution is -2.11. The Morgan fingerprint density at radius 3 is 2.60 bits per heavy atom. The van der Waals surface area contributed by atoms with Crippen LogP contribution in [0.4, 0.5) is 4.79 Å². The molecule has 1 aromatic rings. The van der Waals surface area contributed by atoms with Gasteiger partial charge in [0.05, 0.1) is 6.61 Å². The summed E-state index contributed by atoms with van der Waals surface area (Å²) in [6, 6.07) is 6.29. The normalized spacial score (nSPS) is 9.40. The Bertz CT molecular complexity index is 372. The van der Waals surface area contributed by atoms with Gasteiger partial charge < -0.3 is 14.6 Å². The van der Waals surface area contributed by atoms with E-state index in [4.69, 9.17) is 9.84 Å². The fourth-order valence-corrected chi connectivity index (χ4v) is 1.05. The highest BCUT2D eigenvalue weighted by Gasteiger charge is 2.16. The van der Waals surface area contributed by atoms with Crippen molar-refractivity contribution in [2.75, 3.05) is 6.61 Å². The average molecular weight is 210 g/mol. The minimum atomic E-state index is -1.63. The fourth-order valence-electron chi connectivity index (χ4n) is 1.05. The number of para-hydroxylation sites is 1. The molecule has 1 N–H and O–H groups in total. The lowest BCUT2D eigenvalue weighted by atomic mass is 10.2. The third-order valence-corrected chi connectivity index (χ3v) is 1.59. The second-order valence-electron chi connectivity index (χ2n) is 2.58. The van der Waals surface area contributed by atoms with Crippen molar-refractivity contribution >= 4 is 12.1 Å². The van der Waals surface area contributed by atoms with Crippen molar-refractivity contribution in [1.29, 1.82) is 0 Å². The number of esters is 1. The Hall–Kier alpha value is -2.04. The van der Waals surface area contributed by atoms with Crippen LogP contribution in [0.3, 0.4) is 0 Å². The molecule has 5 heteroatoms. The molecule has 0 spiro atoms. The van der Waals surface area contributed by atoms with Gasteiger partial charge in [0, 0.05) is 0 Å². The quantitative estimate of drug-likeness (QED) is 0.609. The molecule has 0 heterocycles. The minimum absolute atomic E-state index is 0.0988. The zero-order valence-electron chi connectivity index (χ0n) is 8.10. The molecule has 0 aliphatic heterocycles. The van der Waals surface area contributed by atoms with Gasteiger partial charge in [0.25, 0.3) is 0 Å². The first kappa shape index (κ1) is 11.0. The van der Waals surface area contributed by atoms with Crippen LogP contribution in [0.25, 0.3) is 0 Å². The Morgan fingerprint density at radius 1 is 1.33 bits per heavy atom. The highest BCUT2D eigenvalue weighted by Crippen LogP contribution is 2.18. The van der Waals surface area contributed by atoms with Crippen LogP contribution in [0.15, 0.2) is 24.3 Å². The molecule has 0 saturated carbocycles. The number of carbonyl (C=O) groups excluding carboxylic acids is 1. The van der Waals surface area contributed by atoms with Crippen LogP contribution in [0.5, 0.6) is 5.75 Å². The molecule has 0 aromatic heterocycles. The van der Waals surface area contributed by atoms with Crippen LogP contribution in [0.2, 0.25) is 0 Å². The van der Waals surface area contributed by atoms with Crippen molar-refractivity contribution in [3.63, 3.8) is 0 Å². The van der Waals surface area contributed by atoms with Crippen molar-refractivity contribution in [2.24, 2.45) is 0 Å². The smallest absolute Gasteiger partial charge is 0.493 e. The van der Waals surface area contributed by atoms with E-state index < -0.39 is 12.1 Å². The number of hydrogen-bond donors (Lipinski definition) is 1. The van der Waals surface area contributed by atoms with E-state index in [-0.39, 0.29) is 5.56 Å². The first-order chi connectivity index (χ1) is 7.15. The lowest BCUT2D eigenvalue weighted by Gasteiger charge is -2.07. The van der Waals surface area contributed by atoms with E-state index in [1.807, 2.05) is 0 Å². The van der Waals surface area contributed by atoms with E-state index in [0.717, 1.165) is 0 Å². The van der Waals surface area contributed by atoms with Gasteiger partial charge in [-0.15, -0.1) is 0 Å². The van der Waals surface area contributed by atoms with Crippen LogP contribution in [0.1, 0.15) is 17.3 Å². The van der Waals surface area contributed by atoms with Gasteiger partial charge in [-0.2, -0.15) is 0 Å². The number of carbonyl (C=O) groups is 2. The van der Waals surface area contributed by atoms with Crippen molar-refractivity contribution in [1.82, 2.24) is 0 Å². The summed E-state index contributed by atoms with van der Waals surface area (Å²) in [7, 11) is 0. The number of hydrogen-bond acceptors (Lipinski definition) is 4. The lowest BCUT2D eigenvalue weighted by molar-refractivity contribution is 0.0505. The fraction of sp³-hybridized carbons (Fsp3) is 0.200. The molecule has 1 aromatic carbocycles. The number of benzene rings is 1. The molecule has 0 radical (unpaired) electrons. The monoisotopic (exact) mass is 210 g/mol. The topological polar surface area (TPSA) is 72.8 Å². The molecular weight excluding hydrogens is 200 g/mol.